The van der Waals surface area contributed by atoms with Gasteiger partial charge in [-0.3, -0.25) is 9.78 Å². The molecule has 16 heavy (non-hydrogen) atoms. The summed E-state index contributed by atoms with van der Waals surface area (Å²) in [7, 11) is -3.81. The molecule has 0 unspecified atom stereocenters. The maximum Gasteiger partial charge on any atom is 0.320 e. The van der Waals surface area contributed by atoms with Crippen LogP contribution in [0.2, 0.25) is 0 Å². The number of nitrogens with one attached hydrogen (secondary N) is 1. The Morgan fingerprint density at radius 1 is 1.62 bits per heavy atom. The van der Waals surface area contributed by atoms with Crippen molar-refractivity contribution in [2.24, 2.45) is 0 Å². The Labute approximate surface area is 93.4 Å². The minimum Gasteiger partial charge on any atom is -0.480 e. The average molecular weight is 244 g/mol. The Kier molecular flexibility index (Phi) is 3.97. The minimum absolute atomic E-state index is 0.502. The van der Waals surface area contributed by atoms with E-state index in [1.165, 1.54) is 6.20 Å². The second-order valence-electron chi connectivity index (χ2n) is 3.28. The highest BCUT2D eigenvalue weighted by atomic mass is 32.2. The number of carboxylic acid groups (broad SMARTS) is 1. The number of hydrogen-bond acceptors (Lipinski definition) is 4. The second kappa shape index (κ2) is 5.04. The van der Waals surface area contributed by atoms with Crippen LogP contribution in [0, 0.1) is 0 Å². The van der Waals surface area contributed by atoms with E-state index in [2.05, 4.69) is 9.71 Å². The topological polar surface area (TPSA) is 96.4 Å². The van der Waals surface area contributed by atoms with Gasteiger partial charge in [0.2, 0.25) is 10.0 Å². The minimum atomic E-state index is -3.81. The predicted molar refractivity (Wildman–Crippen MR) is 57.2 cm³/mol. The lowest BCUT2D eigenvalue weighted by Crippen LogP contribution is -2.32. The summed E-state index contributed by atoms with van der Waals surface area (Å²) in [6.07, 6.45) is 3.09. The average Bonchev–Trinajstić information content (AvgIpc) is 2.16. The lowest BCUT2D eigenvalue weighted by atomic mass is 10.2. The fourth-order valence-corrected chi connectivity index (χ4v) is 2.26. The lowest BCUT2D eigenvalue weighted by molar-refractivity contribution is -0.134. The van der Waals surface area contributed by atoms with E-state index in [0.717, 1.165) is 0 Å². The molecule has 7 heteroatoms. The first-order valence-corrected chi connectivity index (χ1v) is 6.17. The molecule has 6 nitrogen and oxygen atoms in total. The summed E-state index contributed by atoms with van der Waals surface area (Å²) >= 11 is 0. The van der Waals surface area contributed by atoms with Gasteiger partial charge in [0.25, 0.3) is 0 Å². The zero-order valence-corrected chi connectivity index (χ0v) is 9.44. The number of rotatable bonds is 5. The maximum absolute atomic E-state index is 11.3. The molecule has 1 heterocycles. The van der Waals surface area contributed by atoms with E-state index < -0.39 is 27.8 Å². The third-order valence-electron chi connectivity index (χ3n) is 1.85. The monoisotopic (exact) mass is 244 g/mol. The van der Waals surface area contributed by atoms with Gasteiger partial charge in [0, 0.05) is 18.4 Å². The first-order valence-electron chi connectivity index (χ1n) is 4.52. The quantitative estimate of drug-likeness (QED) is 0.768. The Bertz CT molecular complexity index is 458. The molecule has 0 spiro atoms. The molecule has 0 saturated carbocycles. The van der Waals surface area contributed by atoms with Crippen molar-refractivity contribution in [3.63, 3.8) is 0 Å². The summed E-state index contributed by atoms with van der Waals surface area (Å²) in [6.45, 7) is 1.62. The molecule has 0 fully saturated rings. The van der Waals surface area contributed by atoms with Crippen LogP contribution >= 0.6 is 0 Å². The van der Waals surface area contributed by atoms with Gasteiger partial charge >= 0.3 is 5.97 Å². The smallest absolute Gasteiger partial charge is 0.320 e. The van der Waals surface area contributed by atoms with Crippen molar-refractivity contribution < 1.29 is 18.3 Å². The first-order chi connectivity index (χ1) is 7.41. The summed E-state index contributed by atoms with van der Waals surface area (Å²) in [5.74, 6) is -2.32. The van der Waals surface area contributed by atoms with E-state index in [1.807, 2.05) is 0 Å². The molecular weight excluding hydrogens is 232 g/mol. The van der Waals surface area contributed by atoms with Crippen LogP contribution in [0.15, 0.2) is 24.5 Å². The zero-order valence-electron chi connectivity index (χ0n) is 8.62. The summed E-state index contributed by atoms with van der Waals surface area (Å²) in [5, 5.41) is 8.40. The van der Waals surface area contributed by atoms with Crippen molar-refractivity contribution in [1.82, 2.24) is 9.71 Å². The van der Waals surface area contributed by atoms with Gasteiger partial charge in [-0.1, -0.05) is 6.07 Å². The normalized spacial score (nSPS) is 13.3. The van der Waals surface area contributed by atoms with Crippen LogP contribution in [0.4, 0.5) is 0 Å². The summed E-state index contributed by atoms with van der Waals surface area (Å²) in [4.78, 5) is 14.1. The van der Waals surface area contributed by atoms with Gasteiger partial charge < -0.3 is 5.11 Å². The van der Waals surface area contributed by atoms with Gasteiger partial charge in [0.15, 0.2) is 5.75 Å². The SMILES string of the molecule is C[C@H](NS(=O)(=O)CC(=O)O)c1cccnc1. The summed E-state index contributed by atoms with van der Waals surface area (Å²) in [6, 6.07) is 2.89. The predicted octanol–water partition coefficient (Wildman–Crippen LogP) is 0.147. The highest BCUT2D eigenvalue weighted by Gasteiger charge is 2.19. The molecule has 0 aliphatic heterocycles. The molecule has 1 atom stereocenters. The van der Waals surface area contributed by atoms with E-state index in [1.54, 1.807) is 25.3 Å². The van der Waals surface area contributed by atoms with Gasteiger partial charge in [-0.05, 0) is 18.6 Å². The Morgan fingerprint density at radius 2 is 2.31 bits per heavy atom. The van der Waals surface area contributed by atoms with Crippen molar-refractivity contribution in [2.45, 2.75) is 13.0 Å². The van der Waals surface area contributed by atoms with E-state index in [-0.39, 0.29) is 0 Å². The van der Waals surface area contributed by atoms with Crippen molar-refractivity contribution >= 4 is 16.0 Å². The zero-order chi connectivity index (χ0) is 12.2. The number of nitrogens with zero attached hydrogens (tertiary/aromatic N) is 1. The maximum atomic E-state index is 11.3. The number of carbonyl (C=O) groups is 1. The van der Waals surface area contributed by atoms with Crippen LogP contribution in [0.1, 0.15) is 18.5 Å². The fraction of sp³-hybridized carbons (Fsp3) is 0.333. The largest absolute Gasteiger partial charge is 0.480 e. The van der Waals surface area contributed by atoms with Crippen LogP contribution < -0.4 is 4.72 Å². The highest BCUT2D eigenvalue weighted by molar-refractivity contribution is 7.90. The third kappa shape index (κ3) is 3.95. The summed E-state index contributed by atoms with van der Waals surface area (Å²) in [5.41, 5.74) is 0.677. The Balaban J connectivity index is 2.72. The molecule has 0 radical (unpaired) electrons. The molecule has 88 valence electrons. The number of hydrogen-bond donors (Lipinski definition) is 2. The van der Waals surface area contributed by atoms with Gasteiger partial charge in [-0.25, -0.2) is 13.1 Å². The Morgan fingerprint density at radius 3 is 2.81 bits per heavy atom. The molecule has 0 aliphatic rings. The summed E-state index contributed by atoms with van der Waals surface area (Å²) < 4.78 is 24.9. The standard InChI is InChI=1S/C9H12N2O4S/c1-7(8-3-2-4-10-5-8)11-16(14,15)6-9(12)13/h2-5,7,11H,6H2,1H3,(H,12,13)/t7-/m0/s1. The molecule has 2 N–H and O–H groups in total. The number of aliphatic carboxylic acids is 1. The molecule has 1 aromatic rings. The van der Waals surface area contributed by atoms with E-state index in [0.29, 0.717) is 5.56 Å². The van der Waals surface area contributed by atoms with E-state index in [9.17, 15) is 13.2 Å². The van der Waals surface area contributed by atoms with Crippen LogP contribution in [0.5, 0.6) is 0 Å². The molecule has 0 saturated heterocycles. The third-order valence-corrected chi connectivity index (χ3v) is 3.19. The molecule has 0 aliphatic carbocycles. The number of pyridine rings is 1. The van der Waals surface area contributed by atoms with Gasteiger partial charge in [0.05, 0.1) is 0 Å². The van der Waals surface area contributed by atoms with Gasteiger partial charge in [0.1, 0.15) is 0 Å². The van der Waals surface area contributed by atoms with Gasteiger partial charge in [-0.2, -0.15) is 0 Å². The van der Waals surface area contributed by atoms with Crippen LogP contribution in [-0.2, 0) is 14.8 Å². The second-order valence-corrected chi connectivity index (χ2v) is 5.03. The van der Waals surface area contributed by atoms with Crippen LogP contribution in [-0.4, -0.2) is 30.2 Å². The van der Waals surface area contributed by atoms with E-state index >= 15 is 0 Å². The molecule has 0 amide bonds. The fourth-order valence-electron chi connectivity index (χ4n) is 1.17. The molecular formula is C9H12N2O4S. The van der Waals surface area contributed by atoms with Gasteiger partial charge in [-0.15, -0.1) is 0 Å². The molecule has 0 aromatic carbocycles. The van der Waals surface area contributed by atoms with E-state index in [4.69, 9.17) is 5.11 Å². The Hall–Kier alpha value is -1.47. The number of carboxylic acids is 1. The molecule has 1 rings (SSSR count). The van der Waals surface area contributed by atoms with Crippen molar-refractivity contribution in [3.05, 3.63) is 30.1 Å². The number of aromatic nitrogens is 1. The number of sulfonamides is 1. The molecule has 1 aromatic heterocycles. The van der Waals surface area contributed by atoms with Crippen molar-refractivity contribution in [2.75, 3.05) is 5.75 Å². The lowest BCUT2D eigenvalue weighted by Gasteiger charge is -2.12. The van der Waals surface area contributed by atoms with Crippen molar-refractivity contribution in [1.29, 1.82) is 0 Å². The highest BCUT2D eigenvalue weighted by Crippen LogP contribution is 2.10. The van der Waals surface area contributed by atoms with Crippen LogP contribution in [0.25, 0.3) is 0 Å². The first kappa shape index (κ1) is 12.6. The molecule has 0 bridgehead atoms. The van der Waals surface area contributed by atoms with Crippen molar-refractivity contribution in [3.8, 4) is 0 Å². The van der Waals surface area contributed by atoms with Crippen LogP contribution in [0.3, 0.4) is 0 Å².